The fourth-order valence-corrected chi connectivity index (χ4v) is 3.37. The van der Waals surface area contributed by atoms with Gasteiger partial charge in [0, 0.05) is 43.6 Å². The number of anilines is 1. The molecule has 1 unspecified atom stereocenters. The second-order valence-corrected chi connectivity index (χ2v) is 5.77. The van der Waals surface area contributed by atoms with Crippen LogP contribution in [0.15, 0.2) is 36.7 Å². The van der Waals surface area contributed by atoms with Gasteiger partial charge in [0.2, 0.25) is 0 Å². The molecular formula is C16H20N4. The lowest BCUT2D eigenvalue weighted by molar-refractivity contribution is 0.210. The monoisotopic (exact) mass is 268 g/mol. The van der Waals surface area contributed by atoms with E-state index in [2.05, 4.69) is 50.2 Å². The number of imidazole rings is 1. The highest BCUT2D eigenvalue weighted by atomic mass is 15.2. The standard InChI is InChI=1S/C16H20N4/c1-2-4-15-14(3-1)13(11-18-15)5-7-19-9-10-20-8-6-17-16(20)12-19/h1-4,6,8,13,18H,5,7,9-12H2. The Hall–Kier alpha value is -1.81. The minimum absolute atomic E-state index is 0.660. The van der Waals surface area contributed by atoms with Crippen LogP contribution in [0.5, 0.6) is 0 Å². The zero-order valence-corrected chi connectivity index (χ0v) is 11.6. The van der Waals surface area contributed by atoms with Crippen LogP contribution in [0.4, 0.5) is 5.69 Å². The SMILES string of the molecule is c1ccc2c(c1)NCC2CCN1CCn2ccnc2C1. The molecule has 4 rings (SSSR count). The van der Waals surface area contributed by atoms with E-state index in [1.54, 1.807) is 0 Å². The van der Waals surface area contributed by atoms with Crippen LogP contribution in [0.25, 0.3) is 0 Å². The number of nitrogens with one attached hydrogen (secondary N) is 1. The topological polar surface area (TPSA) is 33.1 Å². The fraction of sp³-hybridized carbons (Fsp3) is 0.438. The first kappa shape index (κ1) is 12.0. The van der Waals surface area contributed by atoms with Gasteiger partial charge in [0.1, 0.15) is 5.82 Å². The van der Waals surface area contributed by atoms with Crippen LogP contribution in [0.3, 0.4) is 0 Å². The Balaban J connectivity index is 1.38. The average molecular weight is 268 g/mol. The summed E-state index contributed by atoms with van der Waals surface area (Å²) in [6.45, 7) is 5.46. The van der Waals surface area contributed by atoms with E-state index in [-0.39, 0.29) is 0 Å². The van der Waals surface area contributed by atoms with E-state index in [4.69, 9.17) is 0 Å². The third kappa shape index (κ3) is 2.10. The maximum absolute atomic E-state index is 4.43. The van der Waals surface area contributed by atoms with Crippen LogP contribution in [0, 0.1) is 0 Å². The van der Waals surface area contributed by atoms with Crippen molar-refractivity contribution in [2.24, 2.45) is 0 Å². The van der Waals surface area contributed by atoms with Crippen molar-refractivity contribution in [3.05, 3.63) is 48.0 Å². The van der Waals surface area contributed by atoms with Crippen molar-refractivity contribution in [2.75, 3.05) is 25.0 Å². The predicted octanol–water partition coefficient (Wildman–Crippen LogP) is 2.30. The Morgan fingerprint density at radius 2 is 2.20 bits per heavy atom. The molecule has 1 aromatic carbocycles. The van der Waals surface area contributed by atoms with Gasteiger partial charge in [-0.2, -0.15) is 0 Å². The second-order valence-electron chi connectivity index (χ2n) is 5.77. The maximum Gasteiger partial charge on any atom is 0.122 e. The van der Waals surface area contributed by atoms with Crippen LogP contribution >= 0.6 is 0 Å². The summed E-state index contributed by atoms with van der Waals surface area (Å²) in [5.74, 6) is 1.87. The van der Waals surface area contributed by atoms with Gasteiger partial charge in [0.05, 0.1) is 6.54 Å². The Morgan fingerprint density at radius 3 is 3.20 bits per heavy atom. The molecule has 2 aliphatic rings. The van der Waals surface area contributed by atoms with Gasteiger partial charge in [-0.25, -0.2) is 4.98 Å². The van der Waals surface area contributed by atoms with E-state index in [9.17, 15) is 0 Å². The largest absolute Gasteiger partial charge is 0.384 e. The highest BCUT2D eigenvalue weighted by Crippen LogP contribution is 2.33. The molecule has 4 heteroatoms. The molecule has 0 bridgehead atoms. The minimum atomic E-state index is 0.660. The summed E-state index contributed by atoms with van der Waals surface area (Å²) in [6.07, 6.45) is 5.23. The van der Waals surface area contributed by atoms with Crippen molar-refractivity contribution in [1.82, 2.24) is 14.5 Å². The third-order valence-electron chi connectivity index (χ3n) is 4.56. The van der Waals surface area contributed by atoms with E-state index in [1.165, 1.54) is 23.5 Å². The molecule has 0 fully saturated rings. The smallest absolute Gasteiger partial charge is 0.122 e. The molecule has 4 nitrogen and oxygen atoms in total. The second kappa shape index (κ2) is 4.94. The van der Waals surface area contributed by atoms with Crippen LogP contribution in [-0.4, -0.2) is 34.1 Å². The number of rotatable bonds is 3. The molecule has 0 aliphatic carbocycles. The summed E-state index contributed by atoms with van der Waals surface area (Å²) in [5.41, 5.74) is 2.82. The first-order chi connectivity index (χ1) is 9.90. The normalized spacial score (nSPS) is 21.3. The number of para-hydroxylation sites is 1. The molecule has 0 radical (unpaired) electrons. The summed E-state index contributed by atoms with van der Waals surface area (Å²) in [6, 6.07) is 8.71. The van der Waals surface area contributed by atoms with Gasteiger partial charge < -0.3 is 9.88 Å². The first-order valence-corrected chi connectivity index (χ1v) is 7.45. The van der Waals surface area contributed by atoms with Gasteiger partial charge in [-0.15, -0.1) is 0 Å². The van der Waals surface area contributed by atoms with Gasteiger partial charge in [-0.1, -0.05) is 18.2 Å². The van der Waals surface area contributed by atoms with Crippen LogP contribution in [0.2, 0.25) is 0 Å². The van der Waals surface area contributed by atoms with Gasteiger partial charge in [0.15, 0.2) is 0 Å². The Morgan fingerprint density at radius 1 is 1.25 bits per heavy atom. The van der Waals surface area contributed by atoms with Crippen LogP contribution in [0.1, 0.15) is 23.7 Å². The maximum atomic E-state index is 4.43. The first-order valence-electron chi connectivity index (χ1n) is 7.45. The number of hydrogen-bond acceptors (Lipinski definition) is 3. The number of aromatic nitrogens is 2. The Kier molecular flexibility index (Phi) is 2.96. The van der Waals surface area contributed by atoms with Gasteiger partial charge in [-0.3, -0.25) is 4.90 Å². The molecular weight excluding hydrogens is 248 g/mol. The summed E-state index contributed by atoms with van der Waals surface area (Å²) in [7, 11) is 0. The number of benzene rings is 1. The molecule has 3 heterocycles. The number of hydrogen-bond donors (Lipinski definition) is 1. The van der Waals surface area contributed by atoms with Gasteiger partial charge in [0.25, 0.3) is 0 Å². The van der Waals surface area contributed by atoms with Crippen molar-refractivity contribution in [2.45, 2.75) is 25.4 Å². The molecule has 1 N–H and O–H groups in total. The number of nitrogens with zero attached hydrogens (tertiary/aromatic N) is 3. The molecule has 2 aromatic rings. The zero-order chi connectivity index (χ0) is 13.4. The molecule has 1 aromatic heterocycles. The van der Waals surface area contributed by atoms with Gasteiger partial charge in [-0.05, 0) is 24.6 Å². The zero-order valence-electron chi connectivity index (χ0n) is 11.6. The van der Waals surface area contributed by atoms with E-state index in [0.29, 0.717) is 5.92 Å². The van der Waals surface area contributed by atoms with Crippen LogP contribution < -0.4 is 5.32 Å². The average Bonchev–Trinajstić information content (AvgIpc) is 3.11. The van der Waals surface area contributed by atoms with Crippen LogP contribution in [-0.2, 0) is 13.1 Å². The Bertz CT molecular complexity index is 604. The summed E-state index contributed by atoms with van der Waals surface area (Å²) < 4.78 is 2.27. The summed E-state index contributed by atoms with van der Waals surface area (Å²) >= 11 is 0. The van der Waals surface area contributed by atoms with E-state index < -0.39 is 0 Å². The molecule has 0 saturated heterocycles. The Labute approximate surface area is 119 Å². The van der Waals surface area contributed by atoms with Crippen molar-refractivity contribution in [1.29, 1.82) is 0 Å². The summed E-state index contributed by atoms with van der Waals surface area (Å²) in [4.78, 5) is 6.96. The summed E-state index contributed by atoms with van der Waals surface area (Å²) in [5, 5.41) is 3.51. The predicted molar refractivity (Wildman–Crippen MR) is 79.8 cm³/mol. The molecule has 0 amide bonds. The lowest BCUT2D eigenvalue weighted by atomic mass is 9.97. The number of fused-ring (bicyclic) bond motifs is 2. The highest BCUT2D eigenvalue weighted by molar-refractivity contribution is 5.57. The van der Waals surface area contributed by atoms with Gasteiger partial charge >= 0.3 is 0 Å². The molecule has 104 valence electrons. The van der Waals surface area contributed by atoms with Crippen molar-refractivity contribution >= 4 is 5.69 Å². The third-order valence-corrected chi connectivity index (χ3v) is 4.56. The van der Waals surface area contributed by atoms with E-state index in [0.717, 1.165) is 32.7 Å². The lowest BCUT2D eigenvalue weighted by Gasteiger charge is -2.28. The van der Waals surface area contributed by atoms with E-state index >= 15 is 0 Å². The quantitative estimate of drug-likeness (QED) is 0.927. The fourth-order valence-electron chi connectivity index (χ4n) is 3.37. The molecule has 0 spiro atoms. The molecule has 2 aliphatic heterocycles. The van der Waals surface area contributed by atoms with E-state index in [1.807, 2.05) is 6.20 Å². The molecule has 0 saturated carbocycles. The van der Waals surface area contributed by atoms with Crippen molar-refractivity contribution < 1.29 is 0 Å². The lowest BCUT2D eigenvalue weighted by Crippen LogP contribution is -2.35. The minimum Gasteiger partial charge on any atom is -0.384 e. The molecule has 1 atom stereocenters. The van der Waals surface area contributed by atoms with Crippen molar-refractivity contribution in [3.63, 3.8) is 0 Å². The van der Waals surface area contributed by atoms with Crippen molar-refractivity contribution in [3.8, 4) is 0 Å². The highest BCUT2D eigenvalue weighted by Gasteiger charge is 2.23. The molecule has 20 heavy (non-hydrogen) atoms.